The van der Waals surface area contributed by atoms with Gasteiger partial charge in [-0.3, -0.25) is 0 Å². The highest BCUT2D eigenvalue weighted by atomic mass is 35.5. The lowest BCUT2D eigenvalue weighted by molar-refractivity contribution is 0.510. The molecule has 3 aromatic rings. The Morgan fingerprint density at radius 3 is 2.00 bits per heavy atom. The van der Waals surface area contributed by atoms with Gasteiger partial charge in [-0.05, 0) is 37.5 Å². The van der Waals surface area contributed by atoms with E-state index in [1.807, 2.05) is 25.1 Å². The van der Waals surface area contributed by atoms with Gasteiger partial charge < -0.3 is 4.98 Å². The van der Waals surface area contributed by atoms with E-state index in [1.165, 1.54) is 6.42 Å². The van der Waals surface area contributed by atoms with Crippen LogP contribution in [0.3, 0.4) is 0 Å². The molecule has 0 amide bonds. The first-order chi connectivity index (χ1) is 12.1. The summed E-state index contributed by atoms with van der Waals surface area (Å²) < 4.78 is 25.3. The Morgan fingerprint density at radius 2 is 1.54 bits per heavy atom. The highest BCUT2D eigenvalue weighted by Gasteiger charge is 2.06. The fraction of sp³-hybridized carbons (Fsp3) is 0.350. The van der Waals surface area contributed by atoms with Gasteiger partial charge >= 0.3 is 0 Å². The van der Waals surface area contributed by atoms with Crippen molar-refractivity contribution in [3.05, 3.63) is 63.4 Å². The highest BCUT2D eigenvalue weighted by Crippen LogP contribution is 2.22. The third-order valence-corrected chi connectivity index (χ3v) is 4.48. The number of H-pyrrole nitrogens is 1. The predicted octanol–water partition coefficient (Wildman–Crippen LogP) is 7.50. The van der Waals surface area contributed by atoms with Crippen LogP contribution in [0.15, 0.2) is 30.3 Å². The molecule has 2 nitrogen and oxygen atoms in total. The zero-order valence-electron chi connectivity index (χ0n) is 15.6. The predicted molar refractivity (Wildman–Crippen MR) is 107 cm³/mol. The van der Waals surface area contributed by atoms with Crippen LogP contribution in [0, 0.1) is 31.4 Å². The first-order valence-corrected chi connectivity index (χ1v) is 9.13. The molecule has 0 radical (unpaired) electrons. The van der Waals surface area contributed by atoms with Gasteiger partial charge in [0.15, 0.2) is 11.6 Å². The van der Waals surface area contributed by atoms with E-state index in [-0.39, 0.29) is 0 Å². The van der Waals surface area contributed by atoms with Crippen LogP contribution in [0.2, 0.25) is 10.0 Å². The average molecular weight is 401 g/mol. The number of halogens is 4. The molecule has 1 heterocycles. The molecule has 0 atom stereocenters. The van der Waals surface area contributed by atoms with Gasteiger partial charge in [0.1, 0.15) is 5.82 Å². The molecular weight excluding hydrogens is 377 g/mol. The van der Waals surface area contributed by atoms with Crippen LogP contribution in [0.4, 0.5) is 8.78 Å². The molecule has 3 rings (SSSR count). The summed E-state index contributed by atoms with van der Waals surface area (Å²) in [5, 5.41) is 1.45. The van der Waals surface area contributed by atoms with Crippen LogP contribution < -0.4 is 0 Å². The number of aromatic amines is 1. The molecule has 6 heteroatoms. The van der Waals surface area contributed by atoms with E-state index < -0.39 is 11.6 Å². The van der Waals surface area contributed by atoms with Gasteiger partial charge in [0.05, 0.1) is 11.0 Å². The maximum absolute atomic E-state index is 12.6. The molecule has 0 aliphatic heterocycles. The van der Waals surface area contributed by atoms with Crippen molar-refractivity contribution in [1.82, 2.24) is 9.97 Å². The van der Waals surface area contributed by atoms with E-state index in [0.29, 0.717) is 16.9 Å². The molecule has 2 aromatic carbocycles. The van der Waals surface area contributed by atoms with Gasteiger partial charge in [-0.1, -0.05) is 56.5 Å². The van der Waals surface area contributed by atoms with E-state index in [9.17, 15) is 8.78 Å². The van der Waals surface area contributed by atoms with E-state index in [1.54, 1.807) is 6.92 Å². The second-order valence-electron chi connectivity index (χ2n) is 6.25. The summed E-state index contributed by atoms with van der Waals surface area (Å²) in [7, 11) is 0. The Morgan fingerprint density at radius 1 is 1.04 bits per heavy atom. The van der Waals surface area contributed by atoms with Crippen molar-refractivity contribution >= 4 is 34.2 Å². The number of aromatic nitrogens is 2. The third kappa shape index (κ3) is 6.93. The Labute approximate surface area is 163 Å². The highest BCUT2D eigenvalue weighted by molar-refractivity contribution is 6.35. The van der Waals surface area contributed by atoms with E-state index in [2.05, 4.69) is 30.7 Å². The number of aryl methyl sites for hydroxylation is 1. The Kier molecular flexibility index (Phi) is 9.03. The summed E-state index contributed by atoms with van der Waals surface area (Å²) in [6.07, 6.45) is 1.31. The van der Waals surface area contributed by atoms with Crippen molar-refractivity contribution in [2.45, 2.75) is 41.0 Å². The smallest absolute Gasteiger partial charge is 0.161 e. The van der Waals surface area contributed by atoms with Gasteiger partial charge in [0.25, 0.3) is 0 Å². The molecule has 0 aliphatic rings. The van der Waals surface area contributed by atoms with Gasteiger partial charge in [0, 0.05) is 22.2 Å². The Bertz CT molecular complexity index is 786. The average Bonchev–Trinajstić information content (AvgIpc) is 2.93. The normalized spacial score (nSPS) is 10.2. The largest absolute Gasteiger partial charge is 0.342 e. The van der Waals surface area contributed by atoms with Crippen LogP contribution in [0.1, 0.15) is 38.6 Å². The minimum Gasteiger partial charge on any atom is -0.342 e. The zero-order valence-corrected chi connectivity index (χ0v) is 17.1. The van der Waals surface area contributed by atoms with Crippen LogP contribution in [-0.4, -0.2) is 9.97 Å². The number of nitrogens with zero attached hydrogens (tertiary/aromatic N) is 1. The molecule has 0 fully saturated rings. The first kappa shape index (κ1) is 22.4. The summed E-state index contributed by atoms with van der Waals surface area (Å²) >= 11 is 11.5. The van der Waals surface area contributed by atoms with Gasteiger partial charge in [0.2, 0.25) is 0 Å². The Balaban J connectivity index is 0.000000214. The monoisotopic (exact) mass is 400 g/mol. The van der Waals surface area contributed by atoms with Crippen LogP contribution in [-0.2, 0) is 0 Å². The summed E-state index contributed by atoms with van der Waals surface area (Å²) in [5.74, 6) is -0.190. The van der Waals surface area contributed by atoms with Crippen molar-refractivity contribution in [1.29, 1.82) is 0 Å². The standard InChI is InChI=1S/C8H6F2N2.C7H6Cl2.C5H12/c1-4-11-7-2-5(9)6(10)3-8(7)12-4;1-5-6(8)3-2-4-7(5)9;1-4-5(2)3/h2-3H,1H3,(H,11,12);2-4H,1H3;5H,4H2,1-3H3. The lowest BCUT2D eigenvalue weighted by Gasteiger charge is -1.96. The molecule has 26 heavy (non-hydrogen) atoms. The van der Waals surface area contributed by atoms with E-state index in [4.69, 9.17) is 23.2 Å². The van der Waals surface area contributed by atoms with Crippen molar-refractivity contribution < 1.29 is 8.78 Å². The van der Waals surface area contributed by atoms with Crippen LogP contribution in [0.25, 0.3) is 11.0 Å². The number of fused-ring (bicyclic) bond motifs is 1. The molecule has 0 saturated carbocycles. The Hall–Kier alpha value is -1.65. The molecule has 0 unspecified atom stereocenters. The summed E-state index contributed by atoms with van der Waals surface area (Å²) in [6, 6.07) is 7.65. The number of hydrogen-bond acceptors (Lipinski definition) is 1. The summed E-state index contributed by atoms with van der Waals surface area (Å²) in [5.41, 5.74) is 1.92. The van der Waals surface area contributed by atoms with E-state index in [0.717, 1.165) is 33.7 Å². The lowest BCUT2D eigenvalue weighted by atomic mass is 10.2. The molecular formula is C20H24Cl2F2N2. The molecule has 142 valence electrons. The van der Waals surface area contributed by atoms with Crippen molar-refractivity contribution in [3.63, 3.8) is 0 Å². The maximum atomic E-state index is 12.6. The zero-order chi connectivity index (χ0) is 19.9. The summed E-state index contributed by atoms with van der Waals surface area (Å²) in [6.45, 7) is 10.3. The van der Waals surface area contributed by atoms with Crippen molar-refractivity contribution in [3.8, 4) is 0 Å². The number of benzene rings is 2. The molecule has 1 aromatic heterocycles. The van der Waals surface area contributed by atoms with Gasteiger partial charge in [-0.25, -0.2) is 13.8 Å². The second kappa shape index (κ2) is 10.5. The number of hydrogen-bond donors (Lipinski definition) is 1. The molecule has 1 N–H and O–H groups in total. The van der Waals surface area contributed by atoms with E-state index >= 15 is 0 Å². The minimum atomic E-state index is -0.867. The summed E-state index contributed by atoms with van der Waals surface area (Å²) in [4.78, 5) is 6.76. The van der Waals surface area contributed by atoms with Gasteiger partial charge in [-0.2, -0.15) is 0 Å². The quantitative estimate of drug-likeness (QED) is 0.449. The molecule has 0 aliphatic carbocycles. The number of rotatable bonds is 1. The number of nitrogens with one attached hydrogen (secondary N) is 1. The van der Waals surface area contributed by atoms with Crippen LogP contribution in [0.5, 0.6) is 0 Å². The van der Waals surface area contributed by atoms with Crippen molar-refractivity contribution in [2.24, 2.45) is 5.92 Å². The fourth-order valence-electron chi connectivity index (χ4n) is 1.71. The molecule has 0 spiro atoms. The first-order valence-electron chi connectivity index (χ1n) is 8.37. The minimum absolute atomic E-state index is 0.450. The fourth-order valence-corrected chi connectivity index (χ4v) is 2.11. The number of imidazole rings is 1. The maximum Gasteiger partial charge on any atom is 0.161 e. The topological polar surface area (TPSA) is 28.7 Å². The lowest BCUT2D eigenvalue weighted by Crippen LogP contribution is -1.82. The SMILES string of the molecule is CCC(C)C.Cc1c(Cl)cccc1Cl.Cc1nc2cc(F)c(F)cc2[nH]1. The van der Waals surface area contributed by atoms with Crippen LogP contribution >= 0.6 is 23.2 Å². The molecule has 0 bridgehead atoms. The third-order valence-electron chi connectivity index (χ3n) is 3.66. The second-order valence-corrected chi connectivity index (χ2v) is 7.07. The molecule has 0 saturated heterocycles. The van der Waals surface area contributed by atoms with Gasteiger partial charge in [-0.15, -0.1) is 0 Å². The van der Waals surface area contributed by atoms with Crippen molar-refractivity contribution in [2.75, 3.05) is 0 Å².